The van der Waals surface area contributed by atoms with Crippen molar-refractivity contribution in [2.45, 2.75) is 12.8 Å². The maximum atomic E-state index is 12.0. The Morgan fingerprint density at radius 2 is 2.04 bits per heavy atom. The molecule has 3 N–H and O–H groups in total. The number of carbonyl (C=O) groups is 1. The van der Waals surface area contributed by atoms with Gasteiger partial charge in [0.05, 0.1) is 17.6 Å². The van der Waals surface area contributed by atoms with E-state index < -0.39 is 0 Å². The first-order chi connectivity index (χ1) is 11.8. The second kappa shape index (κ2) is 6.45. The Labute approximate surface area is 140 Å². The van der Waals surface area contributed by atoms with E-state index in [1.54, 1.807) is 0 Å². The number of para-hydroxylation sites is 2. The zero-order valence-electron chi connectivity index (χ0n) is 13.4. The van der Waals surface area contributed by atoms with Gasteiger partial charge >= 0.3 is 0 Å². The summed E-state index contributed by atoms with van der Waals surface area (Å²) in [6.45, 7) is 1.29. The molecule has 122 valence electrons. The standard InChI is InChI=1S/C19H20N4O/c24-18(12-20-11-13-8-9-13)21-15-5-3-4-14(10-15)19-22-16-6-1-2-7-17(16)23-19/h1-7,10,13,20H,8-9,11-12H2,(H,21,24)(H,22,23). The Morgan fingerprint density at radius 1 is 1.17 bits per heavy atom. The highest BCUT2D eigenvalue weighted by atomic mass is 16.1. The van der Waals surface area contributed by atoms with E-state index in [0.717, 1.165) is 40.6 Å². The van der Waals surface area contributed by atoms with Crippen LogP contribution in [0.2, 0.25) is 0 Å². The van der Waals surface area contributed by atoms with Gasteiger partial charge in [0.1, 0.15) is 5.82 Å². The van der Waals surface area contributed by atoms with Crippen molar-refractivity contribution < 1.29 is 4.79 Å². The minimum atomic E-state index is -0.0163. The lowest BCUT2D eigenvalue weighted by Crippen LogP contribution is -2.29. The number of aromatic nitrogens is 2. The molecule has 1 saturated carbocycles. The summed E-state index contributed by atoms with van der Waals surface area (Å²) in [5, 5.41) is 6.14. The van der Waals surface area contributed by atoms with Crippen LogP contribution in [0.5, 0.6) is 0 Å². The van der Waals surface area contributed by atoms with Gasteiger partial charge in [0.2, 0.25) is 5.91 Å². The van der Waals surface area contributed by atoms with E-state index in [4.69, 9.17) is 0 Å². The van der Waals surface area contributed by atoms with Crippen LogP contribution in [0.1, 0.15) is 12.8 Å². The third kappa shape index (κ3) is 3.46. The molecule has 0 saturated heterocycles. The molecule has 1 aliphatic carbocycles. The maximum absolute atomic E-state index is 12.0. The summed E-state index contributed by atoms with van der Waals surface area (Å²) < 4.78 is 0. The Balaban J connectivity index is 1.45. The van der Waals surface area contributed by atoms with Gasteiger partial charge in [-0.05, 0) is 49.6 Å². The van der Waals surface area contributed by atoms with Crippen molar-refractivity contribution in [3.05, 3.63) is 48.5 Å². The third-order valence-corrected chi connectivity index (χ3v) is 4.22. The summed E-state index contributed by atoms with van der Waals surface area (Å²) in [7, 11) is 0. The molecule has 3 aromatic rings. The van der Waals surface area contributed by atoms with Crippen LogP contribution in [-0.4, -0.2) is 29.0 Å². The average molecular weight is 320 g/mol. The van der Waals surface area contributed by atoms with Crippen molar-refractivity contribution in [1.82, 2.24) is 15.3 Å². The molecule has 0 atom stereocenters. The van der Waals surface area contributed by atoms with E-state index in [1.165, 1.54) is 12.8 Å². The number of nitrogens with one attached hydrogen (secondary N) is 3. The first-order valence-corrected chi connectivity index (χ1v) is 8.34. The number of H-pyrrole nitrogens is 1. The fourth-order valence-electron chi connectivity index (χ4n) is 2.75. The van der Waals surface area contributed by atoms with E-state index in [2.05, 4.69) is 20.6 Å². The Bertz CT molecular complexity index is 833. The fourth-order valence-corrected chi connectivity index (χ4v) is 2.75. The van der Waals surface area contributed by atoms with E-state index in [0.29, 0.717) is 6.54 Å². The van der Waals surface area contributed by atoms with Crippen molar-refractivity contribution in [2.24, 2.45) is 5.92 Å². The number of fused-ring (bicyclic) bond motifs is 1. The van der Waals surface area contributed by atoms with Crippen LogP contribution in [0, 0.1) is 5.92 Å². The molecule has 0 aliphatic heterocycles. The number of benzene rings is 2. The molecule has 0 unspecified atom stereocenters. The molecule has 5 nitrogen and oxygen atoms in total. The number of imidazole rings is 1. The number of nitrogens with zero attached hydrogens (tertiary/aromatic N) is 1. The van der Waals surface area contributed by atoms with Gasteiger partial charge in [-0.15, -0.1) is 0 Å². The summed E-state index contributed by atoms with van der Waals surface area (Å²) in [5.41, 5.74) is 3.68. The maximum Gasteiger partial charge on any atom is 0.238 e. The van der Waals surface area contributed by atoms with Crippen molar-refractivity contribution in [3.8, 4) is 11.4 Å². The molecule has 5 heteroatoms. The van der Waals surface area contributed by atoms with Crippen LogP contribution in [0.25, 0.3) is 22.4 Å². The van der Waals surface area contributed by atoms with Crippen molar-refractivity contribution in [2.75, 3.05) is 18.4 Å². The lowest BCUT2D eigenvalue weighted by atomic mass is 10.2. The first-order valence-electron chi connectivity index (χ1n) is 8.34. The summed E-state index contributed by atoms with van der Waals surface area (Å²) in [6, 6.07) is 15.7. The summed E-state index contributed by atoms with van der Waals surface area (Å²) in [6.07, 6.45) is 2.57. The number of rotatable bonds is 6. The number of hydrogen-bond acceptors (Lipinski definition) is 3. The Hall–Kier alpha value is -2.66. The van der Waals surface area contributed by atoms with Crippen LogP contribution in [-0.2, 0) is 4.79 Å². The van der Waals surface area contributed by atoms with Crippen molar-refractivity contribution >= 4 is 22.6 Å². The monoisotopic (exact) mass is 320 g/mol. The first kappa shape index (κ1) is 14.9. The number of aromatic amines is 1. The molecular formula is C19H20N4O. The lowest BCUT2D eigenvalue weighted by molar-refractivity contribution is -0.115. The molecule has 1 amide bonds. The number of amides is 1. The molecular weight excluding hydrogens is 300 g/mol. The molecule has 0 spiro atoms. The molecule has 0 radical (unpaired) electrons. The SMILES string of the molecule is O=C(CNCC1CC1)Nc1cccc(-c2nc3ccccc3[nH]2)c1. The molecule has 1 aromatic heterocycles. The van der Waals surface area contributed by atoms with Gasteiger partial charge in [-0.1, -0.05) is 24.3 Å². The van der Waals surface area contributed by atoms with Gasteiger partial charge in [-0.3, -0.25) is 4.79 Å². The minimum Gasteiger partial charge on any atom is -0.338 e. The van der Waals surface area contributed by atoms with E-state index in [1.807, 2.05) is 48.5 Å². The highest BCUT2D eigenvalue weighted by Gasteiger charge is 2.20. The van der Waals surface area contributed by atoms with Crippen LogP contribution < -0.4 is 10.6 Å². The lowest BCUT2D eigenvalue weighted by Gasteiger charge is -2.07. The normalized spacial score (nSPS) is 14.0. The Morgan fingerprint density at radius 3 is 2.88 bits per heavy atom. The van der Waals surface area contributed by atoms with Gasteiger partial charge in [0.15, 0.2) is 0 Å². The topological polar surface area (TPSA) is 69.8 Å². The van der Waals surface area contributed by atoms with Gasteiger partial charge in [0.25, 0.3) is 0 Å². The second-order valence-corrected chi connectivity index (χ2v) is 6.31. The van der Waals surface area contributed by atoms with Crippen molar-refractivity contribution in [3.63, 3.8) is 0 Å². The molecule has 1 heterocycles. The molecule has 2 aromatic carbocycles. The summed E-state index contributed by atoms with van der Waals surface area (Å²) >= 11 is 0. The molecule has 1 aliphatic rings. The van der Waals surface area contributed by atoms with Crippen LogP contribution >= 0.6 is 0 Å². The van der Waals surface area contributed by atoms with Gasteiger partial charge in [-0.25, -0.2) is 4.98 Å². The van der Waals surface area contributed by atoms with E-state index in [9.17, 15) is 4.79 Å². The predicted molar refractivity (Wildman–Crippen MR) is 95.8 cm³/mol. The van der Waals surface area contributed by atoms with Crippen LogP contribution in [0.3, 0.4) is 0 Å². The fraction of sp³-hybridized carbons (Fsp3) is 0.263. The summed E-state index contributed by atoms with van der Waals surface area (Å²) in [4.78, 5) is 19.9. The smallest absolute Gasteiger partial charge is 0.238 e. The van der Waals surface area contributed by atoms with Gasteiger partial charge in [0, 0.05) is 11.3 Å². The third-order valence-electron chi connectivity index (χ3n) is 4.22. The van der Waals surface area contributed by atoms with Crippen molar-refractivity contribution in [1.29, 1.82) is 0 Å². The van der Waals surface area contributed by atoms with Gasteiger partial charge < -0.3 is 15.6 Å². The highest BCUT2D eigenvalue weighted by Crippen LogP contribution is 2.27. The highest BCUT2D eigenvalue weighted by molar-refractivity contribution is 5.93. The predicted octanol–water partition coefficient (Wildman–Crippen LogP) is 3.17. The number of hydrogen-bond donors (Lipinski definition) is 3. The van der Waals surface area contributed by atoms with E-state index >= 15 is 0 Å². The number of anilines is 1. The van der Waals surface area contributed by atoms with Crippen LogP contribution in [0.4, 0.5) is 5.69 Å². The molecule has 4 rings (SSSR count). The zero-order chi connectivity index (χ0) is 16.4. The molecule has 0 bridgehead atoms. The quantitative estimate of drug-likeness (QED) is 0.653. The van der Waals surface area contributed by atoms with Crippen LogP contribution in [0.15, 0.2) is 48.5 Å². The minimum absolute atomic E-state index is 0.0163. The average Bonchev–Trinajstić information content (AvgIpc) is 3.31. The largest absolute Gasteiger partial charge is 0.338 e. The zero-order valence-corrected chi connectivity index (χ0v) is 13.4. The number of carbonyl (C=O) groups excluding carboxylic acids is 1. The second-order valence-electron chi connectivity index (χ2n) is 6.31. The Kier molecular flexibility index (Phi) is 4.01. The van der Waals surface area contributed by atoms with E-state index in [-0.39, 0.29) is 5.91 Å². The molecule has 24 heavy (non-hydrogen) atoms. The molecule has 1 fully saturated rings. The summed E-state index contributed by atoms with van der Waals surface area (Å²) in [5.74, 6) is 1.56. The van der Waals surface area contributed by atoms with Gasteiger partial charge in [-0.2, -0.15) is 0 Å².